The van der Waals surface area contributed by atoms with Crippen LogP contribution in [0.1, 0.15) is 44.9 Å². The zero-order valence-electron chi connectivity index (χ0n) is 15.9. The molecule has 0 saturated carbocycles. The lowest BCUT2D eigenvalue weighted by Crippen LogP contribution is -2.47. The predicted molar refractivity (Wildman–Crippen MR) is 101 cm³/mol. The van der Waals surface area contributed by atoms with Gasteiger partial charge in [0.1, 0.15) is 23.4 Å². The number of nitrogens with zero attached hydrogens (tertiary/aromatic N) is 7. The van der Waals surface area contributed by atoms with Gasteiger partial charge in [0, 0.05) is 49.6 Å². The molecule has 26 heavy (non-hydrogen) atoms. The fraction of sp³-hybridized carbons (Fsp3) is 0.526. The molecule has 1 saturated heterocycles. The smallest absolute Gasteiger partial charge is 0.226 e. The van der Waals surface area contributed by atoms with Gasteiger partial charge in [-0.15, -0.1) is 0 Å². The zero-order chi connectivity index (χ0) is 18.7. The number of piperazine rings is 1. The maximum Gasteiger partial charge on any atom is 0.226 e. The first-order valence-corrected chi connectivity index (χ1v) is 9.02. The lowest BCUT2D eigenvalue weighted by Gasteiger charge is -2.36. The second kappa shape index (κ2) is 7.24. The molecule has 3 rings (SSSR count). The SMILES string of the molecule is CCc1cc(N2CCN(c3nccc(C#N)n3)CC2)nc(C(C)(C)C)n1. The molecule has 0 amide bonds. The highest BCUT2D eigenvalue weighted by Gasteiger charge is 2.24. The maximum atomic E-state index is 9.01. The highest BCUT2D eigenvalue weighted by Crippen LogP contribution is 2.23. The zero-order valence-corrected chi connectivity index (χ0v) is 15.9. The van der Waals surface area contributed by atoms with Crippen molar-refractivity contribution < 1.29 is 0 Å². The average molecular weight is 351 g/mol. The van der Waals surface area contributed by atoms with Crippen LogP contribution < -0.4 is 9.80 Å². The second-order valence-corrected chi connectivity index (χ2v) is 7.47. The van der Waals surface area contributed by atoms with Crippen molar-refractivity contribution in [1.29, 1.82) is 5.26 Å². The van der Waals surface area contributed by atoms with Crippen LogP contribution in [0.25, 0.3) is 0 Å². The molecule has 1 aliphatic heterocycles. The van der Waals surface area contributed by atoms with Gasteiger partial charge in [0.25, 0.3) is 0 Å². The summed E-state index contributed by atoms with van der Waals surface area (Å²) in [5.74, 6) is 2.50. The first-order valence-electron chi connectivity index (χ1n) is 9.02. The van der Waals surface area contributed by atoms with E-state index in [2.05, 4.69) is 59.6 Å². The number of aromatic nitrogens is 4. The minimum Gasteiger partial charge on any atom is -0.353 e. The minimum absolute atomic E-state index is 0.0761. The monoisotopic (exact) mass is 351 g/mol. The third-order valence-electron chi connectivity index (χ3n) is 4.44. The van der Waals surface area contributed by atoms with E-state index in [4.69, 9.17) is 15.2 Å². The van der Waals surface area contributed by atoms with E-state index in [9.17, 15) is 0 Å². The van der Waals surface area contributed by atoms with Crippen molar-refractivity contribution in [3.8, 4) is 6.07 Å². The van der Waals surface area contributed by atoms with Crippen molar-refractivity contribution in [3.05, 3.63) is 35.5 Å². The molecule has 136 valence electrons. The Morgan fingerprint density at radius 3 is 2.38 bits per heavy atom. The van der Waals surface area contributed by atoms with Gasteiger partial charge in [0.15, 0.2) is 0 Å². The van der Waals surface area contributed by atoms with E-state index < -0.39 is 0 Å². The second-order valence-electron chi connectivity index (χ2n) is 7.47. The highest BCUT2D eigenvalue weighted by atomic mass is 15.3. The van der Waals surface area contributed by atoms with E-state index in [1.807, 2.05) is 0 Å². The van der Waals surface area contributed by atoms with E-state index in [-0.39, 0.29) is 5.41 Å². The molecule has 7 nitrogen and oxygen atoms in total. The predicted octanol–water partition coefficient (Wildman–Crippen LogP) is 2.32. The van der Waals surface area contributed by atoms with Crippen LogP contribution in [0, 0.1) is 11.3 Å². The number of nitriles is 1. The third-order valence-corrected chi connectivity index (χ3v) is 4.44. The normalized spacial score (nSPS) is 15.0. The van der Waals surface area contributed by atoms with Gasteiger partial charge >= 0.3 is 0 Å². The maximum absolute atomic E-state index is 9.01. The molecule has 0 N–H and O–H groups in total. The van der Waals surface area contributed by atoms with E-state index in [0.29, 0.717) is 11.6 Å². The topological polar surface area (TPSA) is 81.8 Å². The summed E-state index contributed by atoms with van der Waals surface area (Å²) in [6, 6.07) is 5.79. The molecular formula is C19H25N7. The van der Waals surface area contributed by atoms with Crippen LogP contribution >= 0.6 is 0 Å². The molecule has 0 aliphatic carbocycles. The van der Waals surface area contributed by atoms with Gasteiger partial charge in [0.2, 0.25) is 5.95 Å². The molecule has 2 aromatic heterocycles. The standard InChI is InChI=1S/C19H25N7/c1-5-14-12-16(24-17(22-14)19(2,3)4)25-8-10-26(11-9-25)18-21-7-6-15(13-20)23-18/h6-7,12H,5,8-11H2,1-4H3. The van der Waals surface area contributed by atoms with Crippen LogP contribution in [-0.4, -0.2) is 46.1 Å². The Morgan fingerprint density at radius 2 is 1.77 bits per heavy atom. The van der Waals surface area contributed by atoms with Gasteiger partial charge in [-0.2, -0.15) is 5.26 Å². The van der Waals surface area contributed by atoms with Crippen molar-refractivity contribution in [2.45, 2.75) is 39.5 Å². The number of hydrogen-bond donors (Lipinski definition) is 0. The molecule has 7 heteroatoms. The van der Waals surface area contributed by atoms with Crippen molar-refractivity contribution in [3.63, 3.8) is 0 Å². The van der Waals surface area contributed by atoms with Crippen LogP contribution in [0.5, 0.6) is 0 Å². The van der Waals surface area contributed by atoms with Gasteiger partial charge in [-0.25, -0.2) is 19.9 Å². The molecule has 2 aromatic rings. The Balaban J connectivity index is 1.76. The largest absolute Gasteiger partial charge is 0.353 e. The van der Waals surface area contributed by atoms with Crippen molar-refractivity contribution in [1.82, 2.24) is 19.9 Å². The molecule has 0 bridgehead atoms. The first-order chi connectivity index (χ1) is 12.4. The molecule has 1 aliphatic rings. The summed E-state index contributed by atoms with van der Waals surface area (Å²) < 4.78 is 0. The van der Waals surface area contributed by atoms with E-state index >= 15 is 0 Å². The number of rotatable bonds is 3. The van der Waals surface area contributed by atoms with Crippen LogP contribution in [0.3, 0.4) is 0 Å². The molecule has 0 spiro atoms. The Labute approximate surface area is 154 Å². The molecule has 3 heterocycles. The summed E-state index contributed by atoms with van der Waals surface area (Å²) in [5.41, 5.74) is 1.40. The molecule has 1 fully saturated rings. The van der Waals surface area contributed by atoms with Crippen LogP contribution in [-0.2, 0) is 11.8 Å². The van der Waals surface area contributed by atoms with Crippen LogP contribution in [0.2, 0.25) is 0 Å². The lowest BCUT2D eigenvalue weighted by atomic mass is 9.95. The molecule has 0 unspecified atom stereocenters. The molecular weight excluding hydrogens is 326 g/mol. The number of aryl methyl sites for hydroxylation is 1. The summed E-state index contributed by atoms with van der Waals surface area (Å²) in [6.45, 7) is 11.8. The quantitative estimate of drug-likeness (QED) is 0.839. The Hall–Kier alpha value is -2.75. The van der Waals surface area contributed by atoms with Crippen molar-refractivity contribution in [2.24, 2.45) is 0 Å². The van der Waals surface area contributed by atoms with E-state index in [0.717, 1.165) is 49.9 Å². The van der Waals surface area contributed by atoms with Crippen molar-refractivity contribution >= 4 is 11.8 Å². The van der Waals surface area contributed by atoms with Crippen LogP contribution in [0.15, 0.2) is 18.3 Å². The first kappa shape index (κ1) is 18.1. The van der Waals surface area contributed by atoms with Gasteiger partial charge in [-0.1, -0.05) is 27.7 Å². The summed E-state index contributed by atoms with van der Waals surface area (Å²) in [6.07, 6.45) is 2.54. The summed E-state index contributed by atoms with van der Waals surface area (Å²) in [4.78, 5) is 22.5. The minimum atomic E-state index is -0.0761. The summed E-state index contributed by atoms with van der Waals surface area (Å²) in [5, 5.41) is 9.01. The fourth-order valence-corrected chi connectivity index (χ4v) is 2.86. The Morgan fingerprint density at radius 1 is 1.08 bits per heavy atom. The number of anilines is 2. The van der Waals surface area contributed by atoms with E-state index in [1.165, 1.54) is 0 Å². The molecule has 0 atom stereocenters. The van der Waals surface area contributed by atoms with Crippen molar-refractivity contribution in [2.75, 3.05) is 36.0 Å². The summed E-state index contributed by atoms with van der Waals surface area (Å²) in [7, 11) is 0. The third kappa shape index (κ3) is 3.90. The molecule has 0 radical (unpaired) electrons. The summed E-state index contributed by atoms with van der Waals surface area (Å²) >= 11 is 0. The number of hydrogen-bond acceptors (Lipinski definition) is 7. The molecule has 0 aromatic carbocycles. The van der Waals surface area contributed by atoms with Gasteiger partial charge in [0.05, 0.1) is 0 Å². The Bertz CT molecular complexity index is 811. The lowest BCUT2D eigenvalue weighted by molar-refractivity contribution is 0.538. The van der Waals surface area contributed by atoms with Crippen LogP contribution in [0.4, 0.5) is 11.8 Å². The van der Waals surface area contributed by atoms with Gasteiger partial charge in [-0.05, 0) is 12.5 Å². The highest BCUT2D eigenvalue weighted by molar-refractivity contribution is 5.44. The fourth-order valence-electron chi connectivity index (χ4n) is 2.86. The van der Waals surface area contributed by atoms with E-state index in [1.54, 1.807) is 12.3 Å². The van der Waals surface area contributed by atoms with Gasteiger partial charge in [-0.3, -0.25) is 0 Å². The van der Waals surface area contributed by atoms with Gasteiger partial charge < -0.3 is 9.80 Å². The Kier molecular flexibility index (Phi) is 5.03. The average Bonchev–Trinajstić information content (AvgIpc) is 2.67.